The quantitative estimate of drug-likeness (QED) is 0.0744. The molecule has 21 nitrogen and oxygen atoms in total. The zero-order valence-corrected chi connectivity index (χ0v) is 25.6. The van der Waals surface area contributed by atoms with Crippen LogP contribution in [0.1, 0.15) is 13.2 Å². The van der Waals surface area contributed by atoms with E-state index in [9.17, 15) is 63.6 Å². The fourth-order valence-corrected chi connectivity index (χ4v) is 7.40. The molecule has 1 aromatic rings. The molecule has 2 saturated heterocycles. The number of aliphatic hydroxyl groups is 5. The molecule has 25 heteroatoms. The Morgan fingerprint density at radius 3 is 2.34 bits per heavy atom. The second kappa shape index (κ2) is 15.4. The lowest BCUT2D eigenvalue weighted by atomic mass is 9.97. The number of carbonyl (C=O) groups excluding carboxylic acids is 2. The van der Waals surface area contributed by atoms with E-state index in [1.807, 2.05) is 4.98 Å². The molecule has 2 aliphatic heterocycles. The smallest absolute Gasteiger partial charge is 0.330 e. The monoisotopic (exact) mass is 711 g/mol. The van der Waals surface area contributed by atoms with Gasteiger partial charge in [-0.3, -0.25) is 37.6 Å². The highest BCUT2D eigenvalue weighted by Crippen LogP contribution is 2.57. The van der Waals surface area contributed by atoms with Gasteiger partial charge in [0.1, 0.15) is 42.7 Å². The number of phosphoric ester groups is 2. The second-order valence-corrected chi connectivity index (χ2v) is 14.5. The number of aliphatic hydroxyl groups excluding tert-OH is 5. The van der Waals surface area contributed by atoms with E-state index in [4.69, 9.17) is 9.47 Å². The van der Waals surface area contributed by atoms with E-state index >= 15 is 0 Å². The van der Waals surface area contributed by atoms with E-state index in [1.54, 1.807) is 0 Å². The number of hydrogen-bond donors (Lipinski definition) is 7. The Balaban J connectivity index is 1.65. The van der Waals surface area contributed by atoms with Crippen molar-refractivity contribution in [3.63, 3.8) is 0 Å². The van der Waals surface area contributed by atoms with E-state index in [1.165, 1.54) is 6.92 Å². The maximum atomic E-state index is 12.5. The minimum Gasteiger partial charge on any atom is -0.756 e. The van der Waals surface area contributed by atoms with Crippen molar-refractivity contribution in [2.24, 2.45) is 0 Å². The van der Waals surface area contributed by atoms with E-state index < -0.39 is 107 Å². The lowest BCUT2D eigenvalue weighted by Crippen LogP contribution is -2.64. The fraction of sp³-hybridized carbons (Fsp3) is 0.684. The number of nitrogens with zero attached hydrogens (tertiary/aromatic N) is 1. The molecular weight excluding hydrogens is 684 g/mol. The molecule has 44 heavy (non-hydrogen) atoms. The molecule has 0 bridgehead atoms. The zero-order valence-electron chi connectivity index (χ0n) is 22.2. The molecule has 11 unspecified atom stereocenters. The summed E-state index contributed by atoms with van der Waals surface area (Å²) in [5.74, 6) is -1.28. The van der Waals surface area contributed by atoms with E-state index in [0.717, 1.165) is 23.1 Å². The number of carbonyl (C=O) groups is 2. The highest BCUT2D eigenvalue weighted by molar-refractivity contribution is 8.82. The van der Waals surface area contributed by atoms with Gasteiger partial charge in [0.15, 0.2) is 17.6 Å². The lowest BCUT2D eigenvalue weighted by Gasteiger charge is -2.44. The third kappa shape index (κ3) is 9.75. The van der Waals surface area contributed by atoms with Crippen molar-refractivity contribution >= 4 is 48.3 Å². The molecule has 0 radical (unpaired) electrons. The standard InChI is InChI=1S/C19H29N3O18P2S2/c1-7(24)44-43-6-11(26)20-12-15(29)13(27)8(4-23)38-18(12)39-42(34,35)40-41(32,33)36-5-9-14(28)16(30)17(37-9)22-3-2-10(25)21-19(22)31/h2-3,8-9,12-18,23,27-30H,4-6H2,1H3,(H,20,26)(H,32,33)(H,34,35)(H,21,25,31)/p-2. The average molecular weight is 712 g/mol. The topological polar surface area (TPSA) is 329 Å². The summed E-state index contributed by atoms with van der Waals surface area (Å²) in [6.45, 7) is -0.896. The molecule has 2 aliphatic rings. The first-order valence-electron chi connectivity index (χ1n) is 12.2. The normalized spacial score (nSPS) is 33.3. The molecule has 250 valence electrons. The van der Waals surface area contributed by atoms with Crippen LogP contribution in [0.25, 0.3) is 0 Å². The number of amides is 1. The largest absolute Gasteiger partial charge is 0.756 e. The van der Waals surface area contributed by atoms with Crippen molar-refractivity contribution in [3.8, 4) is 0 Å². The summed E-state index contributed by atoms with van der Waals surface area (Å²) in [6, 6.07) is -0.960. The van der Waals surface area contributed by atoms with Crippen molar-refractivity contribution < 1.29 is 76.9 Å². The van der Waals surface area contributed by atoms with E-state index in [-0.39, 0.29) is 5.12 Å². The molecule has 11 atom stereocenters. The highest BCUT2D eigenvalue weighted by atomic mass is 33.1. The molecule has 1 amide bonds. The molecular formula is C19H27N3O18P2S2-2. The number of ether oxygens (including phenoxy) is 2. The van der Waals surface area contributed by atoms with Crippen LogP contribution in [0.3, 0.4) is 0 Å². The van der Waals surface area contributed by atoms with Crippen molar-refractivity contribution in [2.75, 3.05) is 19.0 Å². The Morgan fingerprint density at radius 2 is 1.73 bits per heavy atom. The van der Waals surface area contributed by atoms with Gasteiger partial charge in [-0.25, -0.2) is 9.11 Å². The predicted molar refractivity (Wildman–Crippen MR) is 141 cm³/mol. The summed E-state index contributed by atoms with van der Waals surface area (Å²) < 4.78 is 48.8. The van der Waals surface area contributed by atoms with Crippen LogP contribution in [0.15, 0.2) is 21.9 Å². The molecule has 0 aliphatic carbocycles. The van der Waals surface area contributed by atoms with Gasteiger partial charge in [0.05, 0.1) is 19.0 Å². The second-order valence-electron chi connectivity index (χ2n) is 9.08. The van der Waals surface area contributed by atoms with Crippen LogP contribution in [-0.2, 0) is 41.6 Å². The number of H-pyrrole nitrogens is 1. The van der Waals surface area contributed by atoms with Crippen molar-refractivity contribution in [1.29, 1.82) is 0 Å². The summed E-state index contributed by atoms with van der Waals surface area (Å²) in [6.07, 6.45) is -13.8. The summed E-state index contributed by atoms with van der Waals surface area (Å²) in [4.78, 5) is 73.2. The third-order valence-electron chi connectivity index (χ3n) is 5.87. The van der Waals surface area contributed by atoms with Crippen molar-refractivity contribution in [2.45, 2.75) is 62.1 Å². The van der Waals surface area contributed by atoms with Gasteiger partial charge in [-0.1, -0.05) is 10.8 Å². The van der Waals surface area contributed by atoms with Crippen LogP contribution in [0.5, 0.6) is 0 Å². The molecule has 0 saturated carbocycles. The van der Waals surface area contributed by atoms with E-state index in [2.05, 4.69) is 18.7 Å². The average Bonchev–Trinajstić information content (AvgIpc) is 3.19. The first-order valence-corrected chi connectivity index (χ1v) is 17.4. The van der Waals surface area contributed by atoms with Gasteiger partial charge < -0.3 is 54.6 Å². The SMILES string of the molecule is CC(=O)SSCC(=O)NC1C(OP(=O)([O-])OP(=O)([O-])OCC2OC(n3ccc(=O)[nH]c3=O)C(O)C2O)OC(CO)C(O)C1O. The molecule has 1 aromatic heterocycles. The number of rotatable bonds is 13. The number of aromatic amines is 1. The lowest BCUT2D eigenvalue weighted by molar-refractivity contribution is -0.285. The first-order chi connectivity index (χ1) is 20.4. The maximum Gasteiger partial charge on any atom is 0.330 e. The third-order valence-corrected chi connectivity index (χ3v) is 10.5. The number of aromatic nitrogens is 2. The van der Waals surface area contributed by atoms with Gasteiger partial charge in [-0.15, -0.1) is 0 Å². The molecule has 3 rings (SSSR count). The van der Waals surface area contributed by atoms with Crippen LogP contribution >= 0.6 is 37.2 Å². The van der Waals surface area contributed by atoms with Gasteiger partial charge >= 0.3 is 5.69 Å². The fourth-order valence-electron chi connectivity index (χ4n) is 3.90. The molecule has 2 fully saturated rings. The zero-order chi connectivity index (χ0) is 33.0. The minimum absolute atomic E-state index is 0.339. The summed E-state index contributed by atoms with van der Waals surface area (Å²) in [5, 5.41) is 52.1. The number of nitrogens with one attached hydrogen (secondary N) is 2. The van der Waals surface area contributed by atoms with Crippen LogP contribution in [0, 0.1) is 0 Å². The van der Waals surface area contributed by atoms with Gasteiger partial charge in [0, 0.05) is 19.2 Å². The Hall–Kier alpha value is -1.50. The number of hydrogen-bond acceptors (Lipinski definition) is 20. The number of phosphoric acid groups is 2. The van der Waals surface area contributed by atoms with Crippen molar-refractivity contribution in [1.82, 2.24) is 14.9 Å². The van der Waals surface area contributed by atoms with Crippen LogP contribution < -0.4 is 26.4 Å². The van der Waals surface area contributed by atoms with Crippen LogP contribution in [0.4, 0.5) is 0 Å². The molecule has 7 N–H and O–H groups in total. The summed E-state index contributed by atoms with van der Waals surface area (Å²) >= 11 is 0. The molecule has 3 heterocycles. The molecule has 0 aromatic carbocycles. The predicted octanol–water partition coefficient (Wildman–Crippen LogP) is -5.01. The van der Waals surface area contributed by atoms with Crippen molar-refractivity contribution in [3.05, 3.63) is 33.1 Å². The highest BCUT2D eigenvalue weighted by Gasteiger charge is 2.48. The van der Waals surface area contributed by atoms with Gasteiger partial charge in [0.2, 0.25) is 5.91 Å². The minimum atomic E-state index is -6.03. The van der Waals surface area contributed by atoms with Crippen LogP contribution in [0.2, 0.25) is 0 Å². The van der Waals surface area contributed by atoms with E-state index in [0.29, 0.717) is 15.4 Å². The molecule has 0 spiro atoms. The van der Waals surface area contributed by atoms with Gasteiger partial charge in [-0.05, 0) is 10.8 Å². The summed E-state index contributed by atoms with van der Waals surface area (Å²) in [5.41, 5.74) is -1.81. The maximum absolute atomic E-state index is 12.5. The van der Waals surface area contributed by atoms with Gasteiger partial charge in [0.25, 0.3) is 21.2 Å². The summed E-state index contributed by atoms with van der Waals surface area (Å²) in [7, 11) is -10.4. The first kappa shape index (κ1) is 37.0. The Labute approximate surface area is 254 Å². The Bertz CT molecular complexity index is 1400. The van der Waals surface area contributed by atoms with Gasteiger partial charge in [-0.2, -0.15) is 0 Å². The van der Waals surface area contributed by atoms with Crippen LogP contribution in [-0.4, -0.2) is 114 Å². The Morgan fingerprint density at radius 1 is 1.07 bits per heavy atom. The Kier molecular flexibility index (Phi) is 12.9.